The van der Waals surface area contributed by atoms with Crippen LogP contribution in [0.25, 0.3) is 11.3 Å². The molecule has 0 aliphatic carbocycles. The van der Waals surface area contributed by atoms with Crippen LogP contribution in [-0.4, -0.2) is 26.6 Å². The zero-order valence-corrected chi connectivity index (χ0v) is 17.3. The average molecular weight is 432 g/mol. The molecule has 0 unspecified atom stereocenters. The Morgan fingerprint density at radius 3 is 2.39 bits per heavy atom. The monoisotopic (exact) mass is 431 g/mol. The molecule has 0 atom stereocenters. The van der Waals surface area contributed by atoms with E-state index in [9.17, 15) is 9.59 Å². The number of carbonyl (C=O) groups is 2. The van der Waals surface area contributed by atoms with Crippen molar-refractivity contribution in [1.29, 1.82) is 0 Å². The number of aromatic nitrogens is 3. The average Bonchev–Trinajstić information content (AvgIpc) is 3.15. The molecule has 8 heteroatoms. The van der Waals surface area contributed by atoms with Gasteiger partial charge in [-0.2, -0.15) is 5.10 Å². The van der Waals surface area contributed by atoms with Crippen molar-refractivity contribution in [3.05, 3.63) is 95.3 Å². The molecule has 154 valence electrons. The van der Waals surface area contributed by atoms with Gasteiger partial charge in [-0.1, -0.05) is 41.9 Å². The molecular formula is C23H18ClN5O2. The number of hydrogen-bond donors (Lipinski definition) is 2. The number of amides is 2. The summed E-state index contributed by atoms with van der Waals surface area (Å²) in [5, 5.41) is 10.4. The highest BCUT2D eigenvalue weighted by Crippen LogP contribution is 2.24. The van der Waals surface area contributed by atoms with E-state index in [4.69, 9.17) is 11.6 Å². The zero-order chi connectivity index (χ0) is 21.8. The minimum Gasteiger partial charge on any atom is -0.322 e. The molecule has 7 nitrogen and oxygen atoms in total. The number of nitrogens with zero attached hydrogens (tertiary/aromatic N) is 3. The van der Waals surface area contributed by atoms with Gasteiger partial charge in [0, 0.05) is 42.3 Å². The van der Waals surface area contributed by atoms with E-state index in [-0.39, 0.29) is 16.8 Å². The number of rotatable bonds is 5. The van der Waals surface area contributed by atoms with Crippen molar-refractivity contribution in [1.82, 2.24) is 14.8 Å². The van der Waals surface area contributed by atoms with Gasteiger partial charge in [0.25, 0.3) is 11.8 Å². The minimum atomic E-state index is -0.316. The normalized spacial score (nSPS) is 10.5. The molecule has 2 N–H and O–H groups in total. The molecule has 2 heterocycles. The van der Waals surface area contributed by atoms with Gasteiger partial charge in [-0.05, 0) is 30.3 Å². The molecular weight excluding hydrogens is 414 g/mol. The third-order valence-electron chi connectivity index (χ3n) is 4.61. The number of hydrogen-bond acceptors (Lipinski definition) is 4. The van der Waals surface area contributed by atoms with E-state index in [1.165, 1.54) is 12.4 Å². The predicted octanol–water partition coefficient (Wildman–Crippen LogP) is 4.64. The van der Waals surface area contributed by atoms with Gasteiger partial charge < -0.3 is 10.6 Å². The minimum absolute atomic E-state index is 0.206. The van der Waals surface area contributed by atoms with E-state index in [1.807, 2.05) is 30.3 Å². The molecule has 0 saturated carbocycles. The van der Waals surface area contributed by atoms with E-state index in [1.54, 1.807) is 48.1 Å². The molecule has 4 rings (SSSR count). The Hall–Kier alpha value is -3.97. The molecule has 0 aliphatic heterocycles. The predicted molar refractivity (Wildman–Crippen MR) is 120 cm³/mol. The number of anilines is 2. The van der Waals surface area contributed by atoms with Crippen LogP contribution in [0.2, 0.25) is 5.02 Å². The first kappa shape index (κ1) is 20.3. The third-order valence-corrected chi connectivity index (χ3v) is 4.91. The van der Waals surface area contributed by atoms with Gasteiger partial charge in [-0.15, -0.1) is 0 Å². The highest BCUT2D eigenvalue weighted by atomic mass is 35.5. The van der Waals surface area contributed by atoms with E-state index < -0.39 is 0 Å². The summed E-state index contributed by atoms with van der Waals surface area (Å²) in [6.07, 6.45) is 2.94. The molecule has 0 radical (unpaired) electrons. The summed E-state index contributed by atoms with van der Waals surface area (Å²) in [5.74, 6) is 0.0560. The molecule has 31 heavy (non-hydrogen) atoms. The Morgan fingerprint density at radius 1 is 0.935 bits per heavy atom. The van der Waals surface area contributed by atoms with Crippen molar-refractivity contribution in [3.63, 3.8) is 0 Å². The van der Waals surface area contributed by atoms with E-state index in [2.05, 4.69) is 20.7 Å². The highest BCUT2D eigenvalue weighted by molar-refractivity contribution is 6.34. The van der Waals surface area contributed by atoms with Gasteiger partial charge in [0.05, 0.1) is 16.3 Å². The first-order chi connectivity index (χ1) is 15.0. The summed E-state index contributed by atoms with van der Waals surface area (Å²) in [4.78, 5) is 28.6. The lowest BCUT2D eigenvalue weighted by Gasteiger charge is -2.07. The van der Waals surface area contributed by atoms with Crippen molar-refractivity contribution in [2.45, 2.75) is 0 Å². The van der Waals surface area contributed by atoms with Gasteiger partial charge in [0.2, 0.25) is 0 Å². The summed E-state index contributed by atoms with van der Waals surface area (Å²) in [5.41, 5.74) is 3.08. The maximum atomic E-state index is 12.4. The van der Waals surface area contributed by atoms with E-state index in [0.29, 0.717) is 28.3 Å². The number of pyridine rings is 1. The van der Waals surface area contributed by atoms with Gasteiger partial charge in [-0.25, -0.2) is 0 Å². The maximum absolute atomic E-state index is 12.4. The van der Waals surface area contributed by atoms with Crippen LogP contribution >= 0.6 is 11.6 Å². The molecule has 0 fully saturated rings. The van der Waals surface area contributed by atoms with Crippen LogP contribution in [0.4, 0.5) is 11.5 Å². The first-order valence-corrected chi connectivity index (χ1v) is 9.81. The molecule has 0 bridgehead atoms. The lowest BCUT2D eigenvalue weighted by molar-refractivity contribution is 0.101. The second-order valence-electron chi connectivity index (χ2n) is 6.75. The molecule has 2 aromatic heterocycles. The van der Waals surface area contributed by atoms with Gasteiger partial charge in [0.15, 0.2) is 0 Å². The summed E-state index contributed by atoms with van der Waals surface area (Å²) in [7, 11) is 1.76. The van der Waals surface area contributed by atoms with Crippen LogP contribution in [0, 0.1) is 0 Å². The van der Waals surface area contributed by atoms with Crippen LogP contribution in [0.3, 0.4) is 0 Å². The van der Waals surface area contributed by atoms with Gasteiger partial charge in [0.1, 0.15) is 5.82 Å². The Balaban J connectivity index is 1.47. The maximum Gasteiger partial charge on any atom is 0.257 e. The number of aryl methyl sites for hydroxylation is 1. The standard InChI is InChI=1S/C23H18ClN5O2/c1-29-21(27-22(30)16-5-3-2-4-6-16)13-20(28-29)15-7-9-17(10-8-15)26-23(31)18-11-12-25-14-19(18)24/h2-14H,1H3,(H,26,31)(H,27,30). The van der Waals surface area contributed by atoms with Crippen LogP contribution in [0.15, 0.2) is 79.1 Å². The van der Waals surface area contributed by atoms with Crippen LogP contribution in [-0.2, 0) is 7.05 Å². The topological polar surface area (TPSA) is 88.9 Å². The molecule has 0 spiro atoms. The summed E-state index contributed by atoms with van der Waals surface area (Å²) >= 11 is 6.02. The Kier molecular flexibility index (Phi) is 5.77. The van der Waals surface area contributed by atoms with Crippen LogP contribution < -0.4 is 10.6 Å². The Bertz CT molecular complexity index is 1240. The largest absolute Gasteiger partial charge is 0.322 e. The van der Waals surface area contributed by atoms with Crippen molar-refractivity contribution in [2.75, 3.05) is 10.6 Å². The second kappa shape index (κ2) is 8.81. The fraction of sp³-hybridized carbons (Fsp3) is 0.0435. The molecule has 2 amide bonds. The number of carbonyl (C=O) groups excluding carboxylic acids is 2. The number of benzene rings is 2. The molecule has 2 aromatic carbocycles. The van der Waals surface area contributed by atoms with Gasteiger partial charge >= 0.3 is 0 Å². The lowest BCUT2D eigenvalue weighted by atomic mass is 10.1. The van der Waals surface area contributed by atoms with Crippen molar-refractivity contribution in [2.24, 2.45) is 7.05 Å². The number of nitrogens with one attached hydrogen (secondary N) is 2. The fourth-order valence-corrected chi connectivity index (χ4v) is 3.19. The zero-order valence-electron chi connectivity index (χ0n) is 16.5. The first-order valence-electron chi connectivity index (χ1n) is 9.43. The second-order valence-corrected chi connectivity index (χ2v) is 7.15. The smallest absolute Gasteiger partial charge is 0.257 e. The van der Waals surface area contributed by atoms with Crippen molar-refractivity contribution >= 4 is 34.9 Å². The summed E-state index contributed by atoms with van der Waals surface area (Å²) < 4.78 is 1.61. The fourth-order valence-electron chi connectivity index (χ4n) is 2.99. The van der Waals surface area contributed by atoms with Crippen molar-refractivity contribution < 1.29 is 9.59 Å². The van der Waals surface area contributed by atoms with Crippen LogP contribution in [0.5, 0.6) is 0 Å². The van der Waals surface area contributed by atoms with Crippen molar-refractivity contribution in [3.8, 4) is 11.3 Å². The number of halogens is 1. The molecule has 0 aliphatic rings. The van der Waals surface area contributed by atoms with E-state index >= 15 is 0 Å². The Morgan fingerprint density at radius 2 is 1.68 bits per heavy atom. The van der Waals surface area contributed by atoms with Crippen LogP contribution in [0.1, 0.15) is 20.7 Å². The SMILES string of the molecule is Cn1nc(-c2ccc(NC(=O)c3ccncc3Cl)cc2)cc1NC(=O)c1ccccc1. The molecule has 0 saturated heterocycles. The Labute approximate surface area is 183 Å². The van der Waals surface area contributed by atoms with Gasteiger partial charge in [-0.3, -0.25) is 19.3 Å². The quantitative estimate of drug-likeness (QED) is 0.481. The lowest BCUT2D eigenvalue weighted by Crippen LogP contribution is -2.14. The summed E-state index contributed by atoms with van der Waals surface area (Å²) in [6.45, 7) is 0. The highest BCUT2D eigenvalue weighted by Gasteiger charge is 2.13. The summed E-state index contributed by atoms with van der Waals surface area (Å²) in [6, 6.07) is 19.6. The third kappa shape index (κ3) is 4.62. The molecule has 4 aromatic rings. The van der Waals surface area contributed by atoms with E-state index in [0.717, 1.165) is 5.56 Å².